The third-order valence-electron chi connectivity index (χ3n) is 6.68. The summed E-state index contributed by atoms with van der Waals surface area (Å²) in [5, 5.41) is 10.9. The van der Waals surface area contributed by atoms with Crippen molar-refractivity contribution in [3.8, 4) is 11.1 Å². The number of amides is 1. The number of carbonyl (C=O) groups excluding carboxylic acids is 1. The molecule has 200 valence electrons. The number of hydrogen-bond acceptors (Lipinski definition) is 5. The van der Waals surface area contributed by atoms with Crippen LogP contribution >= 0.6 is 35.3 Å². The maximum atomic E-state index is 14.4. The first-order chi connectivity index (χ1) is 17.9. The van der Waals surface area contributed by atoms with E-state index < -0.39 is 34.9 Å². The van der Waals surface area contributed by atoms with E-state index in [2.05, 4.69) is 13.2 Å². The first kappa shape index (κ1) is 28.3. The van der Waals surface area contributed by atoms with Crippen LogP contribution in [-0.2, 0) is 21.4 Å². The van der Waals surface area contributed by atoms with Gasteiger partial charge in [-0.05, 0) is 84.7 Å². The van der Waals surface area contributed by atoms with Crippen molar-refractivity contribution in [1.29, 1.82) is 0 Å². The number of nitrogens with zero attached hydrogens (tertiary/aromatic N) is 1. The van der Waals surface area contributed by atoms with E-state index in [1.165, 1.54) is 11.3 Å². The summed E-state index contributed by atoms with van der Waals surface area (Å²) in [5.41, 5.74) is -0.633. The van der Waals surface area contributed by atoms with Gasteiger partial charge < -0.3 is 5.11 Å². The average Bonchev–Trinajstić information content (AvgIpc) is 3.47. The number of benzene rings is 1. The largest absolute Gasteiger partial charge is 0.481 e. The van der Waals surface area contributed by atoms with Gasteiger partial charge in [-0.3, -0.25) is 14.5 Å². The Morgan fingerprint density at radius 1 is 1.00 bits per heavy atom. The molecule has 0 atom stereocenters. The van der Waals surface area contributed by atoms with Crippen molar-refractivity contribution >= 4 is 57.6 Å². The molecular formula is C27H23F4NO3S3. The van der Waals surface area contributed by atoms with Crippen LogP contribution in [0.3, 0.4) is 0 Å². The van der Waals surface area contributed by atoms with Crippen molar-refractivity contribution in [2.24, 2.45) is 5.92 Å². The lowest BCUT2D eigenvalue weighted by atomic mass is 9.85. The van der Waals surface area contributed by atoms with Crippen molar-refractivity contribution in [3.63, 3.8) is 0 Å². The Labute approximate surface area is 230 Å². The Bertz CT molecular complexity index is 1300. The molecule has 1 saturated heterocycles. The highest BCUT2D eigenvalue weighted by Crippen LogP contribution is 2.41. The van der Waals surface area contributed by atoms with E-state index in [4.69, 9.17) is 12.2 Å². The topological polar surface area (TPSA) is 57.6 Å². The van der Waals surface area contributed by atoms with Crippen LogP contribution < -0.4 is 0 Å². The second-order valence-electron chi connectivity index (χ2n) is 9.09. The van der Waals surface area contributed by atoms with E-state index >= 15 is 0 Å². The number of thiocarbonyl (C=S) groups is 1. The van der Waals surface area contributed by atoms with Gasteiger partial charge in [0.15, 0.2) is 0 Å². The van der Waals surface area contributed by atoms with Crippen LogP contribution in [0.1, 0.15) is 41.7 Å². The first-order valence-corrected chi connectivity index (χ1v) is 13.7. The molecule has 4 rings (SSSR count). The normalized spacial score (nSPS) is 21.7. The summed E-state index contributed by atoms with van der Waals surface area (Å²) >= 11 is 7.80. The Kier molecular flexibility index (Phi) is 8.02. The van der Waals surface area contributed by atoms with Gasteiger partial charge in [0.2, 0.25) is 0 Å². The van der Waals surface area contributed by atoms with Gasteiger partial charge in [-0.1, -0.05) is 37.1 Å². The number of rotatable bonds is 8. The molecule has 2 heterocycles. The zero-order valence-corrected chi connectivity index (χ0v) is 22.4. The van der Waals surface area contributed by atoms with Crippen molar-refractivity contribution in [1.82, 2.24) is 4.90 Å². The summed E-state index contributed by atoms with van der Waals surface area (Å²) < 4.78 is 57.9. The summed E-state index contributed by atoms with van der Waals surface area (Å²) in [6, 6.07) is 4.50. The van der Waals surface area contributed by atoms with E-state index in [-0.39, 0.29) is 17.5 Å². The van der Waals surface area contributed by atoms with Crippen molar-refractivity contribution in [2.75, 3.05) is 0 Å². The third-order valence-corrected chi connectivity index (χ3v) is 8.89. The van der Waals surface area contributed by atoms with Crippen LogP contribution in [0.15, 0.2) is 59.9 Å². The van der Waals surface area contributed by atoms with Crippen LogP contribution in [0.25, 0.3) is 17.2 Å². The Morgan fingerprint density at radius 3 is 2.11 bits per heavy atom. The van der Waals surface area contributed by atoms with Crippen LogP contribution in [0.5, 0.6) is 0 Å². The predicted octanol–water partition coefficient (Wildman–Crippen LogP) is 7.82. The molecular weight excluding hydrogens is 558 g/mol. The van der Waals surface area contributed by atoms with Gasteiger partial charge in [-0.2, -0.15) is 17.6 Å². The molecule has 1 saturated carbocycles. The first-order valence-electron chi connectivity index (χ1n) is 11.6. The fourth-order valence-corrected chi connectivity index (χ4v) is 6.81. The molecule has 1 aromatic heterocycles. The average molecular weight is 582 g/mol. The molecule has 2 aliphatic rings. The number of alkyl halides is 4. The molecule has 1 aliphatic heterocycles. The summed E-state index contributed by atoms with van der Waals surface area (Å²) in [7, 11) is 0. The van der Waals surface area contributed by atoms with E-state index in [1.54, 1.807) is 22.4 Å². The minimum atomic E-state index is -3.52. The summed E-state index contributed by atoms with van der Waals surface area (Å²) in [6.45, 7) is 6.22. The number of halogens is 4. The highest BCUT2D eigenvalue weighted by atomic mass is 32.2. The smallest absolute Gasteiger partial charge is 0.306 e. The zero-order valence-electron chi connectivity index (χ0n) is 20.0. The molecule has 1 aliphatic carbocycles. The summed E-state index contributed by atoms with van der Waals surface area (Å²) in [4.78, 5) is 26.9. The minimum Gasteiger partial charge on any atom is -0.481 e. The zero-order chi connectivity index (χ0) is 27.8. The molecule has 2 fully saturated rings. The fourth-order valence-electron chi connectivity index (χ4n) is 4.50. The molecule has 0 spiro atoms. The van der Waals surface area contributed by atoms with E-state index in [1.807, 2.05) is 0 Å². The van der Waals surface area contributed by atoms with Gasteiger partial charge >= 0.3 is 5.97 Å². The maximum Gasteiger partial charge on any atom is 0.306 e. The molecule has 2 aromatic rings. The Hall–Kier alpha value is -2.76. The number of carboxylic acid groups (broad SMARTS) is 1. The molecule has 0 unspecified atom stereocenters. The SMILES string of the molecule is C=CC(F)(F)c1cc(-c2csc(/C=C3\SC(=S)N(C4CCC(C(=O)O)CC4)C3=O)c2)cc(C(F)(F)C=C)c1. The van der Waals surface area contributed by atoms with Crippen LogP contribution in [0.2, 0.25) is 0 Å². The molecule has 4 nitrogen and oxygen atoms in total. The summed E-state index contributed by atoms with van der Waals surface area (Å²) in [5.74, 6) is -8.55. The molecule has 1 N–H and O–H groups in total. The Balaban J connectivity index is 1.60. The van der Waals surface area contributed by atoms with Gasteiger partial charge in [0.05, 0.1) is 10.8 Å². The van der Waals surface area contributed by atoms with Gasteiger partial charge in [0, 0.05) is 22.0 Å². The van der Waals surface area contributed by atoms with Crippen molar-refractivity contribution < 1.29 is 32.3 Å². The number of carboxylic acids is 1. The number of hydrogen-bond donors (Lipinski definition) is 1. The number of thiophene rings is 1. The minimum absolute atomic E-state index is 0.165. The lowest BCUT2D eigenvalue weighted by molar-refractivity contribution is -0.143. The second kappa shape index (κ2) is 10.8. The van der Waals surface area contributed by atoms with Gasteiger partial charge in [-0.25, -0.2) is 0 Å². The van der Waals surface area contributed by atoms with E-state index in [9.17, 15) is 32.3 Å². The predicted molar refractivity (Wildman–Crippen MR) is 146 cm³/mol. The molecule has 0 radical (unpaired) electrons. The lowest BCUT2D eigenvalue weighted by Crippen LogP contribution is -2.41. The number of allylic oxidation sites excluding steroid dienone is 2. The van der Waals surface area contributed by atoms with Crippen LogP contribution in [-0.4, -0.2) is 32.2 Å². The lowest BCUT2D eigenvalue weighted by Gasteiger charge is -2.32. The third kappa shape index (κ3) is 5.64. The second-order valence-corrected chi connectivity index (χ2v) is 11.7. The number of aliphatic carboxylic acids is 1. The molecule has 1 aromatic carbocycles. The van der Waals surface area contributed by atoms with E-state index in [0.29, 0.717) is 57.5 Å². The number of carbonyl (C=O) groups is 2. The monoisotopic (exact) mass is 581 g/mol. The molecule has 0 bridgehead atoms. The van der Waals surface area contributed by atoms with Crippen LogP contribution in [0, 0.1) is 5.92 Å². The van der Waals surface area contributed by atoms with Gasteiger partial charge in [0.25, 0.3) is 17.8 Å². The van der Waals surface area contributed by atoms with E-state index in [0.717, 1.165) is 30.0 Å². The number of thioether (sulfide) groups is 1. The Morgan fingerprint density at radius 2 is 1.58 bits per heavy atom. The fraction of sp³-hybridized carbons (Fsp3) is 0.296. The highest BCUT2D eigenvalue weighted by Gasteiger charge is 2.40. The van der Waals surface area contributed by atoms with Crippen molar-refractivity contribution in [3.05, 3.63) is 75.9 Å². The molecule has 11 heteroatoms. The quantitative estimate of drug-likeness (QED) is 0.149. The standard InChI is InChI=1S/C27H23F4NO3S3/c1-3-26(28,29)18-9-16(10-19(12-18)27(30,31)4-2)17-11-21(37-14-17)13-22-23(33)32(25(36)38-22)20-7-5-15(6-8-20)24(34)35/h3-4,9-15,20H,1-2,5-8H2,(H,34,35)/b22-13-. The molecule has 38 heavy (non-hydrogen) atoms. The summed E-state index contributed by atoms with van der Waals surface area (Å²) in [6.07, 6.45) is 4.47. The van der Waals surface area contributed by atoms with Crippen LogP contribution in [0.4, 0.5) is 17.6 Å². The highest BCUT2D eigenvalue weighted by molar-refractivity contribution is 8.26. The van der Waals surface area contributed by atoms with Gasteiger partial charge in [-0.15, -0.1) is 11.3 Å². The maximum absolute atomic E-state index is 14.4. The molecule has 1 amide bonds. The van der Waals surface area contributed by atoms with Crippen molar-refractivity contribution in [2.45, 2.75) is 43.6 Å². The van der Waals surface area contributed by atoms with Gasteiger partial charge in [0.1, 0.15) is 4.32 Å².